The molecular weight excluding hydrogens is 224 g/mol. The monoisotopic (exact) mass is 244 g/mol. The van der Waals surface area contributed by atoms with E-state index in [1.807, 2.05) is 24.3 Å². The van der Waals surface area contributed by atoms with Gasteiger partial charge in [0, 0.05) is 6.42 Å². The molecular formula is C16H20O2. The Morgan fingerprint density at radius 1 is 1.11 bits per heavy atom. The van der Waals surface area contributed by atoms with E-state index in [1.165, 1.54) is 25.7 Å². The first-order valence-electron chi connectivity index (χ1n) is 7.03. The quantitative estimate of drug-likeness (QED) is 0.750. The molecule has 1 aliphatic heterocycles. The number of carbonyl (C=O) groups is 1. The Kier molecular flexibility index (Phi) is 3.11. The number of para-hydroxylation sites is 1. The molecule has 0 spiro atoms. The lowest BCUT2D eigenvalue weighted by Gasteiger charge is -2.35. The van der Waals surface area contributed by atoms with Crippen LogP contribution < -0.4 is 4.74 Å². The normalized spacial score (nSPS) is 31.6. The highest BCUT2D eigenvalue weighted by atomic mass is 16.5. The maximum absolute atomic E-state index is 12.1. The maximum atomic E-state index is 12.1. The van der Waals surface area contributed by atoms with Crippen molar-refractivity contribution in [2.24, 2.45) is 11.8 Å². The van der Waals surface area contributed by atoms with Gasteiger partial charge in [0.25, 0.3) is 0 Å². The average molecular weight is 244 g/mol. The zero-order valence-corrected chi connectivity index (χ0v) is 10.9. The van der Waals surface area contributed by atoms with Crippen LogP contribution >= 0.6 is 0 Å². The van der Waals surface area contributed by atoms with E-state index in [1.54, 1.807) is 0 Å². The van der Waals surface area contributed by atoms with Gasteiger partial charge >= 0.3 is 0 Å². The van der Waals surface area contributed by atoms with Crippen molar-refractivity contribution in [3.05, 3.63) is 29.8 Å². The first-order chi connectivity index (χ1) is 8.74. The lowest BCUT2D eigenvalue weighted by atomic mass is 9.78. The molecule has 1 aromatic rings. The van der Waals surface area contributed by atoms with E-state index in [-0.39, 0.29) is 11.9 Å². The first-order valence-corrected chi connectivity index (χ1v) is 7.03. The summed E-state index contributed by atoms with van der Waals surface area (Å²) in [5.74, 6) is 2.45. The van der Waals surface area contributed by atoms with Gasteiger partial charge in [0.15, 0.2) is 5.78 Å². The maximum Gasteiger partial charge on any atom is 0.170 e. The van der Waals surface area contributed by atoms with Crippen LogP contribution in [0.3, 0.4) is 0 Å². The van der Waals surface area contributed by atoms with Gasteiger partial charge in [0.05, 0.1) is 5.56 Å². The van der Waals surface area contributed by atoms with Crippen LogP contribution in [0.5, 0.6) is 5.75 Å². The van der Waals surface area contributed by atoms with Gasteiger partial charge in [-0.1, -0.05) is 31.9 Å². The summed E-state index contributed by atoms with van der Waals surface area (Å²) in [6, 6.07) is 7.64. The Balaban J connectivity index is 1.76. The molecule has 1 unspecified atom stereocenters. The molecule has 2 aliphatic rings. The molecule has 1 fully saturated rings. The molecule has 96 valence electrons. The third-order valence-electron chi connectivity index (χ3n) is 4.44. The largest absolute Gasteiger partial charge is 0.489 e. The summed E-state index contributed by atoms with van der Waals surface area (Å²) in [7, 11) is 0. The Morgan fingerprint density at radius 3 is 2.61 bits per heavy atom. The number of fused-ring (bicyclic) bond motifs is 1. The van der Waals surface area contributed by atoms with Crippen molar-refractivity contribution in [2.75, 3.05) is 0 Å². The van der Waals surface area contributed by atoms with Gasteiger partial charge in [-0.15, -0.1) is 0 Å². The van der Waals surface area contributed by atoms with Gasteiger partial charge in [-0.2, -0.15) is 0 Å². The van der Waals surface area contributed by atoms with E-state index in [9.17, 15) is 4.79 Å². The van der Waals surface area contributed by atoms with E-state index in [0.29, 0.717) is 12.3 Å². The minimum absolute atomic E-state index is 0.111. The predicted molar refractivity (Wildman–Crippen MR) is 70.9 cm³/mol. The number of rotatable bonds is 1. The molecule has 18 heavy (non-hydrogen) atoms. The Bertz CT molecular complexity index is 444. The van der Waals surface area contributed by atoms with Gasteiger partial charge in [-0.3, -0.25) is 4.79 Å². The SMILES string of the molecule is CC1CCC(C2CC(=O)c3ccccc3O2)CC1. The molecule has 2 heteroatoms. The van der Waals surface area contributed by atoms with E-state index in [2.05, 4.69) is 6.92 Å². The summed E-state index contributed by atoms with van der Waals surface area (Å²) in [6.45, 7) is 2.32. The molecule has 0 saturated heterocycles. The highest BCUT2D eigenvalue weighted by molar-refractivity contribution is 5.99. The summed E-state index contributed by atoms with van der Waals surface area (Å²) in [4.78, 5) is 12.1. The summed E-state index contributed by atoms with van der Waals surface area (Å²) >= 11 is 0. The molecule has 0 radical (unpaired) electrons. The zero-order valence-electron chi connectivity index (χ0n) is 10.9. The molecule has 1 aliphatic carbocycles. The van der Waals surface area contributed by atoms with Crippen molar-refractivity contribution in [1.82, 2.24) is 0 Å². The van der Waals surface area contributed by atoms with Gasteiger partial charge < -0.3 is 4.74 Å². The number of Topliss-reactive ketones (excluding diaryl/α,β-unsaturated/α-hetero) is 1. The average Bonchev–Trinajstić information content (AvgIpc) is 2.39. The smallest absolute Gasteiger partial charge is 0.170 e. The number of ketones is 1. The number of benzene rings is 1. The second kappa shape index (κ2) is 4.75. The number of hydrogen-bond acceptors (Lipinski definition) is 2. The Hall–Kier alpha value is -1.31. The lowest BCUT2D eigenvalue weighted by Crippen LogP contribution is -2.35. The van der Waals surface area contributed by atoms with Crippen molar-refractivity contribution in [3.63, 3.8) is 0 Å². The second-order valence-electron chi connectivity index (χ2n) is 5.80. The number of hydrogen-bond donors (Lipinski definition) is 0. The molecule has 3 rings (SSSR count). The number of ether oxygens (including phenoxy) is 1. The lowest BCUT2D eigenvalue weighted by molar-refractivity contribution is 0.0618. The minimum atomic E-state index is 0.111. The van der Waals surface area contributed by atoms with Crippen molar-refractivity contribution < 1.29 is 9.53 Å². The van der Waals surface area contributed by atoms with Crippen LogP contribution in [0, 0.1) is 11.8 Å². The van der Waals surface area contributed by atoms with E-state index in [4.69, 9.17) is 4.74 Å². The van der Waals surface area contributed by atoms with Gasteiger partial charge in [0.1, 0.15) is 11.9 Å². The van der Waals surface area contributed by atoms with Crippen molar-refractivity contribution in [1.29, 1.82) is 0 Å². The Morgan fingerprint density at radius 2 is 1.83 bits per heavy atom. The molecule has 0 aromatic heterocycles. The standard InChI is InChI=1S/C16H20O2/c1-11-6-8-12(9-7-11)16-10-14(17)13-4-2-3-5-15(13)18-16/h2-5,11-12,16H,6-10H2,1H3. The fourth-order valence-electron chi connectivity index (χ4n) is 3.22. The highest BCUT2D eigenvalue weighted by Gasteiger charge is 2.33. The van der Waals surface area contributed by atoms with Crippen molar-refractivity contribution in [3.8, 4) is 5.75 Å². The van der Waals surface area contributed by atoms with Crippen molar-refractivity contribution in [2.45, 2.75) is 45.1 Å². The summed E-state index contributed by atoms with van der Waals surface area (Å²) < 4.78 is 6.06. The molecule has 2 nitrogen and oxygen atoms in total. The molecule has 1 aromatic carbocycles. The summed E-state index contributed by atoms with van der Waals surface area (Å²) in [5.41, 5.74) is 0.762. The van der Waals surface area contributed by atoms with E-state index in [0.717, 1.165) is 17.2 Å². The molecule has 1 atom stereocenters. The van der Waals surface area contributed by atoms with Crippen LogP contribution in [0.15, 0.2) is 24.3 Å². The molecule has 0 N–H and O–H groups in total. The van der Waals surface area contributed by atoms with Crippen LogP contribution in [0.25, 0.3) is 0 Å². The van der Waals surface area contributed by atoms with Crippen molar-refractivity contribution >= 4 is 5.78 Å². The third-order valence-corrected chi connectivity index (χ3v) is 4.44. The predicted octanol–water partition coefficient (Wildman–Crippen LogP) is 3.85. The fraction of sp³-hybridized carbons (Fsp3) is 0.562. The zero-order chi connectivity index (χ0) is 12.5. The van der Waals surface area contributed by atoms with Crippen LogP contribution in [-0.4, -0.2) is 11.9 Å². The van der Waals surface area contributed by atoms with Crippen LogP contribution in [0.2, 0.25) is 0 Å². The third kappa shape index (κ3) is 2.16. The summed E-state index contributed by atoms with van der Waals surface area (Å²) in [6.07, 6.45) is 5.65. The topological polar surface area (TPSA) is 26.3 Å². The van der Waals surface area contributed by atoms with E-state index < -0.39 is 0 Å². The Labute approximate surface area is 108 Å². The molecule has 0 bridgehead atoms. The first kappa shape index (κ1) is 11.8. The minimum Gasteiger partial charge on any atom is -0.489 e. The molecule has 1 saturated carbocycles. The molecule has 1 heterocycles. The van der Waals surface area contributed by atoms with Gasteiger partial charge in [0.2, 0.25) is 0 Å². The van der Waals surface area contributed by atoms with Gasteiger partial charge in [-0.05, 0) is 36.8 Å². The second-order valence-corrected chi connectivity index (χ2v) is 5.80. The highest BCUT2D eigenvalue weighted by Crippen LogP contribution is 2.37. The van der Waals surface area contributed by atoms with E-state index >= 15 is 0 Å². The van der Waals surface area contributed by atoms with Crippen LogP contribution in [0.1, 0.15) is 49.4 Å². The van der Waals surface area contributed by atoms with Gasteiger partial charge in [-0.25, -0.2) is 0 Å². The molecule has 0 amide bonds. The fourth-order valence-corrected chi connectivity index (χ4v) is 3.22. The van der Waals surface area contributed by atoms with Crippen LogP contribution in [0.4, 0.5) is 0 Å². The number of carbonyl (C=O) groups excluding carboxylic acids is 1. The summed E-state index contributed by atoms with van der Waals surface area (Å²) in [5, 5.41) is 0. The van der Waals surface area contributed by atoms with Crippen LogP contribution in [-0.2, 0) is 0 Å².